The van der Waals surface area contributed by atoms with E-state index in [1.807, 2.05) is 0 Å². The van der Waals surface area contributed by atoms with Gasteiger partial charge in [-0.15, -0.1) is 0 Å². The Morgan fingerprint density at radius 2 is 1.87 bits per heavy atom. The molecule has 0 aromatic heterocycles. The Labute approximate surface area is 89.9 Å². The standard InChI is InChI=1S/C10H13F2NOS/c11-10(12,8-15(14)7-6-13)9-4-2-1-3-5-9/h1-5H,6-8,13H2. The summed E-state index contributed by atoms with van der Waals surface area (Å²) in [5, 5.41) is 0. The van der Waals surface area contributed by atoms with Crippen LogP contribution < -0.4 is 5.73 Å². The highest BCUT2D eigenvalue weighted by Gasteiger charge is 2.33. The van der Waals surface area contributed by atoms with Crippen LogP contribution in [0.2, 0.25) is 0 Å². The summed E-state index contributed by atoms with van der Waals surface area (Å²) in [7, 11) is -1.56. The van der Waals surface area contributed by atoms with Crippen LogP contribution >= 0.6 is 0 Å². The number of halogens is 2. The molecule has 0 fully saturated rings. The molecule has 0 aliphatic rings. The van der Waals surface area contributed by atoms with Crippen molar-refractivity contribution in [3.8, 4) is 0 Å². The van der Waals surface area contributed by atoms with Crippen molar-refractivity contribution in [2.24, 2.45) is 5.73 Å². The largest absolute Gasteiger partial charge is 0.330 e. The molecule has 0 saturated heterocycles. The number of rotatable bonds is 5. The lowest BCUT2D eigenvalue weighted by atomic mass is 10.1. The molecule has 0 amide bonds. The third-order valence-corrected chi connectivity index (χ3v) is 3.26. The van der Waals surface area contributed by atoms with Crippen LogP contribution in [0.5, 0.6) is 0 Å². The highest BCUT2D eigenvalue weighted by molar-refractivity contribution is 7.85. The average molecular weight is 233 g/mol. The smallest absolute Gasteiger partial charge is 0.284 e. The van der Waals surface area contributed by atoms with Crippen molar-refractivity contribution >= 4 is 10.8 Å². The van der Waals surface area contributed by atoms with E-state index in [9.17, 15) is 13.0 Å². The maximum absolute atomic E-state index is 13.5. The summed E-state index contributed by atoms with van der Waals surface area (Å²) in [6.45, 7) is 0.164. The maximum Gasteiger partial charge on any atom is 0.284 e. The Morgan fingerprint density at radius 3 is 2.40 bits per heavy atom. The first-order chi connectivity index (χ1) is 7.06. The lowest BCUT2D eigenvalue weighted by Gasteiger charge is -2.15. The van der Waals surface area contributed by atoms with E-state index in [0.29, 0.717) is 0 Å². The van der Waals surface area contributed by atoms with E-state index in [1.54, 1.807) is 6.07 Å². The molecule has 2 N–H and O–H groups in total. The van der Waals surface area contributed by atoms with E-state index in [2.05, 4.69) is 0 Å². The zero-order chi connectivity index (χ0) is 11.3. The molecule has 5 heteroatoms. The lowest BCUT2D eigenvalue weighted by Crippen LogP contribution is -2.25. The van der Waals surface area contributed by atoms with Crippen molar-refractivity contribution in [3.05, 3.63) is 35.9 Å². The van der Waals surface area contributed by atoms with Crippen LogP contribution in [0, 0.1) is 0 Å². The number of hydrogen-bond donors (Lipinski definition) is 1. The van der Waals surface area contributed by atoms with Gasteiger partial charge in [0.2, 0.25) is 0 Å². The molecule has 0 saturated carbocycles. The second-order valence-corrected chi connectivity index (χ2v) is 4.72. The summed E-state index contributed by atoms with van der Waals surface area (Å²) in [6.07, 6.45) is 0. The van der Waals surface area contributed by atoms with Gasteiger partial charge in [0.25, 0.3) is 5.92 Å². The van der Waals surface area contributed by atoms with Crippen LogP contribution in [0.1, 0.15) is 5.56 Å². The van der Waals surface area contributed by atoms with Gasteiger partial charge in [-0.3, -0.25) is 4.21 Å². The van der Waals surface area contributed by atoms with Crippen molar-refractivity contribution in [1.29, 1.82) is 0 Å². The fourth-order valence-corrected chi connectivity index (χ4v) is 2.15. The van der Waals surface area contributed by atoms with Gasteiger partial charge in [-0.05, 0) is 0 Å². The summed E-state index contributed by atoms with van der Waals surface area (Å²) in [5.41, 5.74) is 5.05. The zero-order valence-corrected chi connectivity index (χ0v) is 8.97. The van der Waals surface area contributed by atoms with Crippen LogP contribution in [-0.4, -0.2) is 22.3 Å². The average Bonchev–Trinajstić information content (AvgIpc) is 2.18. The second kappa shape index (κ2) is 5.32. The first-order valence-corrected chi connectivity index (χ1v) is 6.03. The maximum atomic E-state index is 13.5. The van der Waals surface area contributed by atoms with Crippen molar-refractivity contribution in [2.75, 3.05) is 18.1 Å². The fraction of sp³-hybridized carbons (Fsp3) is 0.400. The Bertz CT molecular complexity index is 329. The molecule has 0 heterocycles. The van der Waals surface area contributed by atoms with Gasteiger partial charge in [0.05, 0.1) is 5.75 Å². The Hall–Kier alpha value is -0.810. The van der Waals surface area contributed by atoms with Crippen LogP contribution in [0.3, 0.4) is 0 Å². The van der Waals surface area contributed by atoms with Gasteiger partial charge in [-0.25, -0.2) is 8.78 Å². The molecule has 2 nitrogen and oxygen atoms in total. The summed E-state index contributed by atoms with van der Waals surface area (Å²) >= 11 is 0. The first kappa shape index (κ1) is 12.3. The van der Waals surface area contributed by atoms with Crippen LogP contribution in [0.15, 0.2) is 30.3 Å². The highest BCUT2D eigenvalue weighted by Crippen LogP contribution is 2.28. The van der Waals surface area contributed by atoms with Gasteiger partial charge in [-0.2, -0.15) is 0 Å². The zero-order valence-electron chi connectivity index (χ0n) is 8.16. The SMILES string of the molecule is NCCS(=O)CC(F)(F)c1ccccc1. The minimum absolute atomic E-state index is 0.102. The summed E-state index contributed by atoms with van der Waals surface area (Å²) in [4.78, 5) is 0. The molecule has 1 rings (SSSR count). The van der Waals surface area contributed by atoms with E-state index < -0.39 is 22.5 Å². The number of hydrogen-bond acceptors (Lipinski definition) is 2. The van der Waals surface area contributed by atoms with Gasteiger partial charge < -0.3 is 5.73 Å². The predicted molar refractivity (Wildman–Crippen MR) is 57.3 cm³/mol. The van der Waals surface area contributed by atoms with Gasteiger partial charge in [0.15, 0.2) is 0 Å². The second-order valence-electron chi connectivity index (χ2n) is 3.15. The molecule has 0 bridgehead atoms. The van der Waals surface area contributed by atoms with Gasteiger partial charge in [-0.1, -0.05) is 30.3 Å². The molecule has 0 radical (unpaired) electrons. The normalized spacial score (nSPS) is 13.8. The number of benzene rings is 1. The van der Waals surface area contributed by atoms with Crippen molar-refractivity contribution in [1.82, 2.24) is 0 Å². The van der Waals surface area contributed by atoms with E-state index in [-0.39, 0.29) is 17.9 Å². The summed E-state index contributed by atoms with van der Waals surface area (Å²) in [6, 6.07) is 7.40. The lowest BCUT2D eigenvalue weighted by molar-refractivity contribution is 0.0222. The van der Waals surface area contributed by atoms with Gasteiger partial charge >= 0.3 is 0 Å². The summed E-state index contributed by atoms with van der Waals surface area (Å²) < 4.78 is 38.2. The van der Waals surface area contributed by atoms with Crippen molar-refractivity contribution in [2.45, 2.75) is 5.92 Å². The highest BCUT2D eigenvalue weighted by atomic mass is 32.2. The van der Waals surface area contributed by atoms with Crippen molar-refractivity contribution in [3.63, 3.8) is 0 Å². The predicted octanol–water partition coefficient (Wildman–Crippen LogP) is 1.49. The topological polar surface area (TPSA) is 43.1 Å². The van der Waals surface area contributed by atoms with Crippen LogP contribution in [0.4, 0.5) is 8.78 Å². The van der Waals surface area contributed by atoms with Crippen molar-refractivity contribution < 1.29 is 13.0 Å². The van der Waals surface area contributed by atoms with E-state index in [4.69, 9.17) is 5.73 Å². The number of nitrogens with two attached hydrogens (primary N) is 1. The quantitative estimate of drug-likeness (QED) is 0.837. The molecule has 1 atom stereocenters. The fourth-order valence-electron chi connectivity index (χ4n) is 1.17. The molecule has 1 aromatic rings. The molecule has 15 heavy (non-hydrogen) atoms. The molecular formula is C10H13F2NOS. The number of alkyl halides is 2. The molecular weight excluding hydrogens is 220 g/mol. The first-order valence-electron chi connectivity index (χ1n) is 4.54. The molecule has 0 aliphatic heterocycles. The van der Waals surface area contributed by atoms with E-state index in [1.165, 1.54) is 24.3 Å². The van der Waals surface area contributed by atoms with Gasteiger partial charge in [0, 0.05) is 28.7 Å². The molecule has 0 aliphatic carbocycles. The minimum atomic E-state index is -3.04. The Balaban J connectivity index is 2.71. The van der Waals surface area contributed by atoms with E-state index in [0.717, 1.165) is 0 Å². The Kier molecular flexibility index (Phi) is 4.35. The van der Waals surface area contributed by atoms with Crippen LogP contribution in [0.25, 0.3) is 0 Å². The monoisotopic (exact) mass is 233 g/mol. The van der Waals surface area contributed by atoms with Gasteiger partial charge in [0.1, 0.15) is 0 Å². The molecule has 1 aromatic carbocycles. The minimum Gasteiger partial charge on any atom is -0.330 e. The Morgan fingerprint density at radius 1 is 1.27 bits per heavy atom. The summed E-state index contributed by atoms with van der Waals surface area (Å²) in [5.74, 6) is -3.59. The third-order valence-electron chi connectivity index (χ3n) is 1.88. The van der Waals surface area contributed by atoms with E-state index >= 15 is 0 Å². The molecule has 1 unspecified atom stereocenters. The van der Waals surface area contributed by atoms with Crippen LogP contribution in [-0.2, 0) is 16.7 Å². The molecule has 0 spiro atoms. The third kappa shape index (κ3) is 3.68. The molecule has 84 valence electrons.